The minimum Gasteiger partial charge on any atom is -0.379 e. The van der Waals surface area contributed by atoms with Crippen LogP contribution in [0.3, 0.4) is 0 Å². The van der Waals surface area contributed by atoms with Gasteiger partial charge in [-0.25, -0.2) is 9.67 Å². The number of ether oxygens (including phenoxy) is 1. The summed E-state index contributed by atoms with van der Waals surface area (Å²) in [7, 11) is 1.80. The van der Waals surface area contributed by atoms with Crippen molar-refractivity contribution in [1.29, 1.82) is 0 Å². The average molecular weight is 424 g/mol. The molecule has 3 heterocycles. The van der Waals surface area contributed by atoms with Crippen LogP contribution in [0.5, 0.6) is 0 Å². The number of piperidine rings is 1. The van der Waals surface area contributed by atoms with Crippen LogP contribution < -0.4 is 5.32 Å². The maximum Gasteiger partial charge on any atom is 0.142 e. The molecule has 0 aliphatic carbocycles. The second-order valence-corrected chi connectivity index (χ2v) is 6.92. The molecular weight excluding hydrogens is 397 g/mol. The Hall–Kier alpha value is -1.86. The van der Waals surface area contributed by atoms with E-state index in [0.29, 0.717) is 0 Å². The first-order valence-corrected chi connectivity index (χ1v) is 9.07. The van der Waals surface area contributed by atoms with E-state index in [1.165, 1.54) is 11.1 Å². The van der Waals surface area contributed by atoms with Gasteiger partial charge in [-0.3, -0.25) is 0 Å². The van der Waals surface area contributed by atoms with Gasteiger partial charge in [-0.15, -0.1) is 24.8 Å². The Kier molecular flexibility index (Phi) is 7.66. The van der Waals surface area contributed by atoms with Crippen molar-refractivity contribution in [2.24, 2.45) is 0 Å². The van der Waals surface area contributed by atoms with Crippen LogP contribution in [0.1, 0.15) is 23.6 Å². The summed E-state index contributed by atoms with van der Waals surface area (Å²) in [6.07, 6.45) is 8.90. The Balaban J connectivity index is 0.00000140. The highest BCUT2D eigenvalue weighted by Gasteiger charge is 2.29. The molecule has 1 N–H and O–H groups in total. The molecule has 152 valence electrons. The van der Waals surface area contributed by atoms with Crippen molar-refractivity contribution in [1.82, 2.24) is 24.6 Å². The molecule has 6 nitrogen and oxygen atoms in total. The smallest absolute Gasteiger partial charge is 0.142 e. The Morgan fingerprint density at radius 3 is 2.68 bits per heavy atom. The van der Waals surface area contributed by atoms with E-state index in [2.05, 4.69) is 47.2 Å². The first kappa shape index (κ1) is 22.4. The van der Waals surface area contributed by atoms with Crippen molar-refractivity contribution in [3.63, 3.8) is 0 Å². The van der Waals surface area contributed by atoms with E-state index in [1.807, 2.05) is 29.3 Å². The maximum absolute atomic E-state index is 5.76. The van der Waals surface area contributed by atoms with Gasteiger partial charge in [0.15, 0.2) is 0 Å². The van der Waals surface area contributed by atoms with Crippen LogP contribution in [0, 0.1) is 13.8 Å². The second kappa shape index (κ2) is 9.56. The van der Waals surface area contributed by atoms with Crippen molar-refractivity contribution in [2.75, 3.05) is 20.2 Å². The number of hydrogen-bond donors (Lipinski definition) is 1. The minimum absolute atomic E-state index is 0. The van der Waals surface area contributed by atoms with E-state index >= 15 is 0 Å². The number of imidazole rings is 1. The molecule has 4 rings (SSSR count). The number of aryl methyl sites for hydroxylation is 2. The van der Waals surface area contributed by atoms with Crippen LogP contribution in [-0.4, -0.2) is 45.6 Å². The summed E-state index contributed by atoms with van der Waals surface area (Å²) in [6, 6.07) is 6.55. The van der Waals surface area contributed by atoms with Crippen molar-refractivity contribution >= 4 is 24.8 Å². The number of rotatable bonds is 4. The third-order valence-corrected chi connectivity index (χ3v) is 5.14. The highest BCUT2D eigenvalue weighted by molar-refractivity contribution is 5.85. The molecule has 1 fully saturated rings. The van der Waals surface area contributed by atoms with Gasteiger partial charge in [-0.1, -0.05) is 6.07 Å². The molecule has 0 radical (unpaired) electrons. The summed E-state index contributed by atoms with van der Waals surface area (Å²) >= 11 is 0. The Labute approximate surface area is 178 Å². The summed E-state index contributed by atoms with van der Waals surface area (Å²) < 4.78 is 9.94. The summed E-state index contributed by atoms with van der Waals surface area (Å²) in [4.78, 5) is 4.72. The molecular formula is C20H27Cl2N5O. The molecule has 8 heteroatoms. The molecule has 2 aromatic heterocycles. The van der Waals surface area contributed by atoms with Crippen LogP contribution >= 0.6 is 24.8 Å². The fourth-order valence-electron chi connectivity index (χ4n) is 4.00. The van der Waals surface area contributed by atoms with Crippen molar-refractivity contribution in [2.45, 2.75) is 32.4 Å². The highest BCUT2D eigenvalue weighted by atomic mass is 35.5. The van der Waals surface area contributed by atoms with Gasteiger partial charge in [0, 0.05) is 44.0 Å². The number of aromatic nitrogens is 4. The SMILES string of the molecule is CO[C@H]1CCNC[C@H]1n1ccnc1-c1cc(C)cc(C)c1-n1cccn1.Cl.Cl. The molecule has 0 amide bonds. The zero-order valence-corrected chi connectivity index (χ0v) is 18.0. The number of halogens is 2. The van der Waals surface area contributed by atoms with Crippen molar-refractivity contribution in [3.8, 4) is 17.1 Å². The van der Waals surface area contributed by atoms with Crippen molar-refractivity contribution < 1.29 is 4.74 Å². The van der Waals surface area contributed by atoms with E-state index in [4.69, 9.17) is 9.72 Å². The fraction of sp³-hybridized carbons (Fsp3) is 0.400. The molecule has 0 bridgehead atoms. The summed E-state index contributed by atoms with van der Waals surface area (Å²) in [5.41, 5.74) is 4.57. The van der Waals surface area contributed by atoms with Crippen LogP contribution in [-0.2, 0) is 4.74 Å². The summed E-state index contributed by atoms with van der Waals surface area (Å²) in [5, 5.41) is 7.95. The Morgan fingerprint density at radius 2 is 1.96 bits per heavy atom. The average Bonchev–Trinajstić information content (AvgIpc) is 3.32. The lowest BCUT2D eigenvalue weighted by Crippen LogP contribution is -2.42. The van der Waals surface area contributed by atoms with Gasteiger partial charge in [-0.2, -0.15) is 5.10 Å². The lowest BCUT2D eigenvalue weighted by Gasteiger charge is -2.33. The van der Waals surface area contributed by atoms with Crippen LogP contribution in [0.15, 0.2) is 43.0 Å². The predicted molar refractivity (Wildman–Crippen MR) is 116 cm³/mol. The normalized spacial score (nSPS) is 19.0. The third kappa shape index (κ3) is 4.10. The molecule has 1 aliphatic rings. The topological polar surface area (TPSA) is 56.9 Å². The van der Waals surface area contributed by atoms with E-state index in [-0.39, 0.29) is 37.0 Å². The van der Waals surface area contributed by atoms with Crippen LogP contribution in [0.2, 0.25) is 0 Å². The lowest BCUT2D eigenvalue weighted by atomic mass is 10.0. The number of nitrogens with one attached hydrogen (secondary N) is 1. The van der Waals surface area contributed by atoms with Gasteiger partial charge >= 0.3 is 0 Å². The van der Waals surface area contributed by atoms with Gasteiger partial charge in [-0.05, 0) is 50.1 Å². The fourth-order valence-corrected chi connectivity index (χ4v) is 4.00. The number of nitrogens with zero attached hydrogens (tertiary/aromatic N) is 4. The Bertz CT molecular complexity index is 894. The molecule has 3 aromatic rings. The molecule has 1 aliphatic heterocycles. The van der Waals surface area contributed by atoms with Crippen LogP contribution in [0.4, 0.5) is 0 Å². The standard InChI is InChI=1S/C20H25N5O.2ClH/c1-14-11-15(2)19(25-9-4-6-23-25)16(12-14)20-22-8-10-24(20)17-13-21-7-5-18(17)26-3;;/h4,6,8-12,17-18,21H,5,7,13H2,1-3H3;2*1H/t17-,18+;;/m1../s1. The zero-order chi connectivity index (χ0) is 18.1. The zero-order valence-electron chi connectivity index (χ0n) is 16.3. The van der Waals surface area contributed by atoms with Gasteiger partial charge in [0.05, 0.1) is 17.8 Å². The molecule has 2 atom stereocenters. The maximum atomic E-state index is 5.76. The lowest BCUT2D eigenvalue weighted by molar-refractivity contribution is 0.0365. The van der Waals surface area contributed by atoms with Gasteiger partial charge in [0.25, 0.3) is 0 Å². The summed E-state index contributed by atoms with van der Waals surface area (Å²) in [6.45, 7) is 6.11. The van der Waals surface area contributed by atoms with E-state index in [0.717, 1.165) is 36.6 Å². The predicted octanol–water partition coefficient (Wildman–Crippen LogP) is 3.75. The summed E-state index contributed by atoms with van der Waals surface area (Å²) in [5.74, 6) is 0.957. The number of benzene rings is 1. The van der Waals surface area contributed by atoms with Gasteiger partial charge in [0.2, 0.25) is 0 Å². The Morgan fingerprint density at radius 1 is 1.14 bits per heavy atom. The van der Waals surface area contributed by atoms with E-state index in [1.54, 1.807) is 7.11 Å². The van der Waals surface area contributed by atoms with Crippen molar-refractivity contribution in [3.05, 3.63) is 54.1 Å². The molecule has 28 heavy (non-hydrogen) atoms. The van der Waals surface area contributed by atoms with E-state index < -0.39 is 0 Å². The monoisotopic (exact) mass is 423 g/mol. The first-order chi connectivity index (χ1) is 12.7. The molecule has 0 saturated carbocycles. The third-order valence-electron chi connectivity index (χ3n) is 5.14. The largest absolute Gasteiger partial charge is 0.379 e. The first-order valence-electron chi connectivity index (χ1n) is 9.07. The van der Waals surface area contributed by atoms with Gasteiger partial charge in [0.1, 0.15) is 5.82 Å². The number of methoxy groups -OCH3 is 1. The molecule has 1 saturated heterocycles. The quantitative estimate of drug-likeness (QED) is 0.693. The molecule has 1 aromatic carbocycles. The van der Waals surface area contributed by atoms with Gasteiger partial charge < -0.3 is 14.6 Å². The second-order valence-electron chi connectivity index (χ2n) is 6.92. The van der Waals surface area contributed by atoms with Crippen LogP contribution in [0.25, 0.3) is 17.1 Å². The molecule has 0 unspecified atom stereocenters. The highest BCUT2D eigenvalue weighted by Crippen LogP contribution is 2.32. The minimum atomic E-state index is 0. The number of hydrogen-bond acceptors (Lipinski definition) is 4. The van der Waals surface area contributed by atoms with E-state index in [9.17, 15) is 0 Å². The molecule has 0 spiro atoms.